The molecule has 0 amide bonds. The van der Waals surface area contributed by atoms with Gasteiger partial charge in [-0.3, -0.25) is 4.79 Å². The maximum atomic E-state index is 12.6. The van der Waals surface area contributed by atoms with Crippen molar-refractivity contribution in [1.82, 2.24) is 0 Å². The van der Waals surface area contributed by atoms with Gasteiger partial charge in [0.25, 0.3) is 0 Å². The Morgan fingerprint density at radius 3 is 3.00 bits per heavy atom. The number of carbonyl (C=O) groups is 1. The molecule has 3 heteroatoms. The maximum Gasteiger partial charge on any atom is 0.144 e. The van der Waals surface area contributed by atoms with Crippen molar-refractivity contribution in [2.24, 2.45) is 0 Å². The zero-order chi connectivity index (χ0) is 13.2. The van der Waals surface area contributed by atoms with Crippen LogP contribution in [0, 0.1) is 0 Å². The van der Waals surface area contributed by atoms with Crippen LogP contribution in [0.3, 0.4) is 0 Å². The monoisotopic (exact) mass is 334 g/mol. The summed E-state index contributed by atoms with van der Waals surface area (Å²) in [6.45, 7) is 0. The van der Waals surface area contributed by atoms with Crippen molar-refractivity contribution in [2.45, 2.75) is 31.6 Å². The zero-order valence-corrected chi connectivity index (χ0v) is 13.0. The Balaban J connectivity index is 1.81. The fourth-order valence-electron chi connectivity index (χ4n) is 2.77. The second kappa shape index (κ2) is 5.59. The number of rotatable bonds is 3. The molecule has 1 aliphatic rings. The highest BCUT2D eigenvalue weighted by atomic mass is 79.9. The predicted molar refractivity (Wildman–Crippen MR) is 82.9 cm³/mol. The van der Waals surface area contributed by atoms with E-state index in [4.69, 9.17) is 0 Å². The van der Waals surface area contributed by atoms with E-state index in [1.54, 1.807) is 11.3 Å². The standard InChI is InChI=1S/C16H15BrOS/c17-14-6-2-1-4-11(14)10-15(18)12-5-3-7-16-13(12)8-9-19-16/h1-2,4,6,8-9,12H,3,5,7,10H2. The lowest BCUT2D eigenvalue weighted by Crippen LogP contribution is -2.19. The van der Waals surface area contributed by atoms with Crippen LogP contribution in [0.5, 0.6) is 0 Å². The van der Waals surface area contributed by atoms with Gasteiger partial charge in [-0.1, -0.05) is 34.1 Å². The van der Waals surface area contributed by atoms with Crippen LogP contribution >= 0.6 is 27.3 Å². The van der Waals surface area contributed by atoms with E-state index in [0.717, 1.165) is 29.3 Å². The predicted octanol–water partition coefficient (Wildman–Crippen LogP) is 4.74. The van der Waals surface area contributed by atoms with E-state index in [-0.39, 0.29) is 5.92 Å². The fourth-order valence-corrected chi connectivity index (χ4v) is 4.19. The molecule has 0 fully saturated rings. The van der Waals surface area contributed by atoms with Crippen molar-refractivity contribution in [3.8, 4) is 0 Å². The quantitative estimate of drug-likeness (QED) is 0.792. The molecule has 0 aliphatic heterocycles. The summed E-state index contributed by atoms with van der Waals surface area (Å²) >= 11 is 5.32. The Morgan fingerprint density at radius 1 is 1.32 bits per heavy atom. The first-order valence-electron chi connectivity index (χ1n) is 6.58. The Hall–Kier alpha value is -0.930. The van der Waals surface area contributed by atoms with Crippen LogP contribution in [-0.4, -0.2) is 5.78 Å². The minimum atomic E-state index is 0.113. The minimum Gasteiger partial charge on any atom is -0.299 e. The smallest absolute Gasteiger partial charge is 0.144 e. The van der Waals surface area contributed by atoms with Gasteiger partial charge < -0.3 is 0 Å². The van der Waals surface area contributed by atoms with Gasteiger partial charge in [-0.25, -0.2) is 0 Å². The summed E-state index contributed by atoms with van der Waals surface area (Å²) in [6, 6.07) is 10.1. The molecular formula is C16H15BrOS. The van der Waals surface area contributed by atoms with Gasteiger partial charge in [0.2, 0.25) is 0 Å². The van der Waals surface area contributed by atoms with Gasteiger partial charge in [-0.05, 0) is 47.9 Å². The fraction of sp³-hybridized carbons (Fsp3) is 0.312. The number of thiophene rings is 1. The molecule has 1 unspecified atom stereocenters. The molecule has 3 rings (SSSR count). The van der Waals surface area contributed by atoms with Crippen LogP contribution in [0.4, 0.5) is 0 Å². The lowest BCUT2D eigenvalue weighted by molar-refractivity contribution is -0.120. The SMILES string of the molecule is O=C(Cc1ccccc1Br)C1CCCc2sccc21. The third-order valence-electron chi connectivity index (χ3n) is 3.76. The van der Waals surface area contributed by atoms with Crippen LogP contribution < -0.4 is 0 Å². The van der Waals surface area contributed by atoms with Gasteiger partial charge in [-0.15, -0.1) is 11.3 Å². The number of fused-ring (bicyclic) bond motifs is 1. The average molecular weight is 335 g/mol. The molecule has 1 aromatic carbocycles. The molecule has 1 nitrogen and oxygen atoms in total. The molecule has 0 saturated heterocycles. The van der Waals surface area contributed by atoms with Crippen LogP contribution in [0.25, 0.3) is 0 Å². The molecule has 0 saturated carbocycles. The van der Waals surface area contributed by atoms with Crippen molar-refractivity contribution < 1.29 is 4.79 Å². The first-order chi connectivity index (χ1) is 9.25. The van der Waals surface area contributed by atoms with Crippen molar-refractivity contribution in [1.29, 1.82) is 0 Å². The lowest BCUT2D eigenvalue weighted by Gasteiger charge is -2.21. The van der Waals surface area contributed by atoms with E-state index < -0.39 is 0 Å². The largest absolute Gasteiger partial charge is 0.299 e. The molecular weight excluding hydrogens is 320 g/mol. The Labute approximate surface area is 125 Å². The number of aryl methyl sites for hydroxylation is 1. The van der Waals surface area contributed by atoms with Crippen LogP contribution in [0.2, 0.25) is 0 Å². The van der Waals surface area contributed by atoms with Gasteiger partial charge in [0.15, 0.2) is 0 Å². The number of ketones is 1. The summed E-state index contributed by atoms with van der Waals surface area (Å²) in [5, 5.41) is 2.12. The van der Waals surface area contributed by atoms with E-state index in [1.807, 2.05) is 24.3 Å². The average Bonchev–Trinajstić information content (AvgIpc) is 2.89. The molecule has 1 atom stereocenters. The second-order valence-electron chi connectivity index (χ2n) is 4.98. The van der Waals surface area contributed by atoms with E-state index in [0.29, 0.717) is 12.2 Å². The number of carbonyl (C=O) groups excluding carboxylic acids is 1. The van der Waals surface area contributed by atoms with E-state index in [1.165, 1.54) is 10.4 Å². The number of halogens is 1. The van der Waals surface area contributed by atoms with E-state index in [9.17, 15) is 4.79 Å². The van der Waals surface area contributed by atoms with Gasteiger partial charge in [-0.2, -0.15) is 0 Å². The molecule has 19 heavy (non-hydrogen) atoms. The second-order valence-corrected chi connectivity index (χ2v) is 6.83. The zero-order valence-electron chi connectivity index (χ0n) is 10.6. The summed E-state index contributed by atoms with van der Waals surface area (Å²) in [4.78, 5) is 14.0. The number of Topliss-reactive ketones (excluding diaryl/α,β-unsaturated/α-hetero) is 1. The normalized spacial score (nSPS) is 18.1. The summed E-state index contributed by atoms with van der Waals surface area (Å²) in [6.07, 6.45) is 3.82. The summed E-state index contributed by atoms with van der Waals surface area (Å²) in [7, 11) is 0. The third-order valence-corrected chi connectivity index (χ3v) is 5.53. The third kappa shape index (κ3) is 2.67. The number of hydrogen-bond acceptors (Lipinski definition) is 2. The molecule has 0 spiro atoms. The van der Waals surface area contributed by atoms with Crippen molar-refractivity contribution in [2.75, 3.05) is 0 Å². The lowest BCUT2D eigenvalue weighted by atomic mass is 9.83. The van der Waals surface area contributed by atoms with Gasteiger partial charge in [0.1, 0.15) is 5.78 Å². The maximum absolute atomic E-state index is 12.6. The molecule has 2 aromatic rings. The van der Waals surface area contributed by atoms with Crippen molar-refractivity contribution >= 4 is 33.0 Å². The highest BCUT2D eigenvalue weighted by Gasteiger charge is 2.27. The summed E-state index contributed by atoms with van der Waals surface area (Å²) < 4.78 is 1.03. The van der Waals surface area contributed by atoms with Gasteiger partial charge in [0, 0.05) is 21.7 Å². The number of hydrogen-bond donors (Lipinski definition) is 0. The molecule has 0 bridgehead atoms. The summed E-state index contributed by atoms with van der Waals surface area (Å²) in [5.41, 5.74) is 2.38. The van der Waals surface area contributed by atoms with Crippen molar-refractivity contribution in [3.05, 3.63) is 56.2 Å². The van der Waals surface area contributed by atoms with Gasteiger partial charge in [0.05, 0.1) is 0 Å². The first-order valence-corrected chi connectivity index (χ1v) is 8.25. The van der Waals surface area contributed by atoms with Crippen LogP contribution in [0.15, 0.2) is 40.2 Å². The van der Waals surface area contributed by atoms with Crippen LogP contribution in [0.1, 0.15) is 34.8 Å². The van der Waals surface area contributed by atoms with E-state index >= 15 is 0 Å². The van der Waals surface area contributed by atoms with Crippen LogP contribution in [-0.2, 0) is 17.6 Å². The summed E-state index contributed by atoms with van der Waals surface area (Å²) in [5.74, 6) is 0.466. The van der Waals surface area contributed by atoms with Crippen molar-refractivity contribution in [3.63, 3.8) is 0 Å². The number of benzene rings is 1. The molecule has 1 aliphatic carbocycles. The molecule has 0 radical (unpaired) electrons. The van der Waals surface area contributed by atoms with E-state index in [2.05, 4.69) is 27.4 Å². The highest BCUT2D eigenvalue weighted by molar-refractivity contribution is 9.10. The molecule has 98 valence electrons. The highest BCUT2D eigenvalue weighted by Crippen LogP contribution is 2.36. The molecule has 1 aromatic heterocycles. The molecule has 0 N–H and O–H groups in total. The minimum absolute atomic E-state index is 0.113. The Morgan fingerprint density at radius 2 is 2.16 bits per heavy atom. The topological polar surface area (TPSA) is 17.1 Å². The molecule has 1 heterocycles. The van der Waals surface area contributed by atoms with Gasteiger partial charge >= 0.3 is 0 Å². The Bertz CT molecular complexity index is 602. The Kier molecular flexibility index (Phi) is 3.85. The first kappa shape index (κ1) is 13.1.